The Balaban J connectivity index is 1.81. The van der Waals surface area contributed by atoms with Gasteiger partial charge in [0.2, 0.25) is 10.0 Å². The molecule has 0 fully saturated rings. The molecule has 0 aromatic heterocycles. The lowest BCUT2D eigenvalue weighted by Crippen LogP contribution is -2.35. The Kier molecular flexibility index (Phi) is 4.28. The highest BCUT2D eigenvalue weighted by Crippen LogP contribution is 2.46. The molecule has 0 aliphatic heterocycles. The summed E-state index contributed by atoms with van der Waals surface area (Å²) in [5, 5.41) is 2.77. The molecule has 1 N–H and O–H groups in total. The standard InChI is InChI=1S/C20H19ClN2O2S/c1-23(2)20-17-8-4-6-13-5-3-7-16(18(13)17)19(20)22-26(24,25)15-11-9-14(21)10-12-15/h3-12,19-20,22H,1-2H3/t19-,20+/m1/s1. The quantitative estimate of drug-likeness (QED) is 0.733. The van der Waals surface area contributed by atoms with Crippen molar-refractivity contribution in [3.8, 4) is 0 Å². The van der Waals surface area contributed by atoms with Gasteiger partial charge in [-0.05, 0) is 60.3 Å². The lowest BCUT2D eigenvalue weighted by molar-refractivity contribution is 0.258. The van der Waals surface area contributed by atoms with E-state index in [9.17, 15) is 8.42 Å². The van der Waals surface area contributed by atoms with Crippen LogP contribution in [0.15, 0.2) is 65.6 Å². The second-order valence-electron chi connectivity index (χ2n) is 6.75. The molecule has 1 aliphatic rings. The van der Waals surface area contributed by atoms with Gasteiger partial charge in [0.1, 0.15) is 0 Å². The molecule has 0 saturated heterocycles. The summed E-state index contributed by atoms with van der Waals surface area (Å²) in [5.74, 6) is 0. The van der Waals surface area contributed by atoms with Crippen LogP contribution in [0.2, 0.25) is 5.02 Å². The normalized spacial score (nSPS) is 19.4. The van der Waals surface area contributed by atoms with E-state index in [1.54, 1.807) is 12.1 Å². The van der Waals surface area contributed by atoms with E-state index in [0.717, 1.165) is 21.9 Å². The average Bonchev–Trinajstić information content (AvgIpc) is 2.91. The van der Waals surface area contributed by atoms with Crippen molar-refractivity contribution in [3.63, 3.8) is 0 Å². The zero-order valence-electron chi connectivity index (χ0n) is 14.5. The van der Waals surface area contributed by atoms with Gasteiger partial charge in [0.05, 0.1) is 17.0 Å². The van der Waals surface area contributed by atoms with Crippen LogP contribution in [-0.4, -0.2) is 27.4 Å². The van der Waals surface area contributed by atoms with Gasteiger partial charge in [-0.25, -0.2) is 13.1 Å². The third kappa shape index (κ3) is 2.81. The Labute approximate surface area is 158 Å². The van der Waals surface area contributed by atoms with Crippen LogP contribution in [-0.2, 0) is 10.0 Å². The van der Waals surface area contributed by atoms with Gasteiger partial charge in [0.25, 0.3) is 0 Å². The molecule has 4 nitrogen and oxygen atoms in total. The second kappa shape index (κ2) is 6.35. The third-order valence-corrected chi connectivity index (χ3v) is 6.61. The number of nitrogens with zero attached hydrogens (tertiary/aromatic N) is 1. The number of benzene rings is 3. The van der Waals surface area contributed by atoms with E-state index < -0.39 is 10.0 Å². The van der Waals surface area contributed by atoms with Gasteiger partial charge < -0.3 is 4.90 Å². The Morgan fingerprint density at radius 3 is 2.15 bits per heavy atom. The highest BCUT2D eigenvalue weighted by atomic mass is 35.5. The number of likely N-dealkylation sites (N-methyl/N-ethyl adjacent to an activating group) is 1. The third-order valence-electron chi connectivity index (χ3n) is 4.90. The van der Waals surface area contributed by atoms with Crippen molar-refractivity contribution >= 4 is 32.4 Å². The first-order valence-electron chi connectivity index (χ1n) is 8.34. The van der Waals surface area contributed by atoms with E-state index in [1.807, 2.05) is 32.3 Å². The van der Waals surface area contributed by atoms with Crippen molar-refractivity contribution in [3.05, 3.63) is 76.8 Å². The summed E-state index contributed by atoms with van der Waals surface area (Å²) in [4.78, 5) is 2.27. The minimum absolute atomic E-state index is 0.0711. The SMILES string of the molecule is CN(C)[C@H]1c2cccc3cccc(c23)[C@H]1NS(=O)(=O)c1ccc(Cl)cc1. The fourth-order valence-corrected chi connectivity index (χ4v) is 5.15. The molecule has 1 aliphatic carbocycles. The predicted molar refractivity (Wildman–Crippen MR) is 105 cm³/mol. The van der Waals surface area contributed by atoms with Gasteiger partial charge in [-0.2, -0.15) is 0 Å². The summed E-state index contributed by atoms with van der Waals surface area (Å²) in [6, 6.07) is 18.0. The van der Waals surface area contributed by atoms with Crippen molar-refractivity contribution in [1.29, 1.82) is 0 Å². The van der Waals surface area contributed by atoms with Crippen molar-refractivity contribution in [1.82, 2.24) is 9.62 Å². The Hall–Kier alpha value is -1.92. The van der Waals surface area contributed by atoms with E-state index >= 15 is 0 Å². The predicted octanol–water partition coefficient (Wildman–Crippen LogP) is 4.13. The lowest BCUT2D eigenvalue weighted by Gasteiger charge is -2.28. The highest BCUT2D eigenvalue weighted by Gasteiger charge is 2.38. The largest absolute Gasteiger partial charge is 0.301 e. The van der Waals surface area contributed by atoms with Crippen molar-refractivity contribution in [2.24, 2.45) is 0 Å². The Bertz CT molecular complexity index is 1070. The maximum Gasteiger partial charge on any atom is 0.241 e. The summed E-state index contributed by atoms with van der Waals surface area (Å²) in [7, 11) is 0.266. The van der Waals surface area contributed by atoms with Crippen LogP contribution >= 0.6 is 11.6 Å². The molecule has 0 radical (unpaired) electrons. The molecule has 0 heterocycles. The number of rotatable bonds is 4. The van der Waals surface area contributed by atoms with Gasteiger partial charge in [-0.15, -0.1) is 0 Å². The van der Waals surface area contributed by atoms with Crippen LogP contribution in [0.4, 0.5) is 0 Å². The number of hydrogen-bond acceptors (Lipinski definition) is 3. The maximum absolute atomic E-state index is 13.0. The molecule has 26 heavy (non-hydrogen) atoms. The smallest absolute Gasteiger partial charge is 0.241 e. The molecule has 134 valence electrons. The lowest BCUT2D eigenvalue weighted by atomic mass is 10.0. The molecule has 4 rings (SSSR count). The number of hydrogen-bond donors (Lipinski definition) is 1. The zero-order valence-corrected chi connectivity index (χ0v) is 16.1. The zero-order chi connectivity index (χ0) is 18.5. The molecule has 0 saturated carbocycles. The van der Waals surface area contributed by atoms with Crippen LogP contribution < -0.4 is 4.72 Å². The van der Waals surface area contributed by atoms with Crippen molar-refractivity contribution in [2.75, 3.05) is 14.1 Å². The number of nitrogens with one attached hydrogen (secondary N) is 1. The first-order valence-corrected chi connectivity index (χ1v) is 10.2. The minimum atomic E-state index is -3.68. The van der Waals surface area contributed by atoms with Gasteiger partial charge in [0, 0.05) is 5.02 Å². The number of sulfonamides is 1. The minimum Gasteiger partial charge on any atom is -0.301 e. The highest BCUT2D eigenvalue weighted by molar-refractivity contribution is 7.89. The molecule has 3 aromatic rings. The van der Waals surface area contributed by atoms with E-state index in [1.165, 1.54) is 12.1 Å². The molecule has 0 amide bonds. The molecule has 0 spiro atoms. The summed E-state index contributed by atoms with van der Waals surface area (Å²) < 4.78 is 28.8. The van der Waals surface area contributed by atoms with Crippen molar-refractivity contribution in [2.45, 2.75) is 17.0 Å². The van der Waals surface area contributed by atoms with Gasteiger partial charge in [0.15, 0.2) is 0 Å². The topological polar surface area (TPSA) is 49.4 Å². The van der Waals surface area contributed by atoms with Crippen LogP contribution in [0.5, 0.6) is 0 Å². The van der Waals surface area contributed by atoms with E-state index in [0.29, 0.717) is 5.02 Å². The number of halogens is 1. The first-order chi connectivity index (χ1) is 12.4. The summed E-state index contributed by atoms with van der Waals surface area (Å²) in [6.07, 6.45) is 0. The van der Waals surface area contributed by atoms with Gasteiger partial charge >= 0.3 is 0 Å². The van der Waals surface area contributed by atoms with Crippen LogP contribution in [0, 0.1) is 0 Å². The van der Waals surface area contributed by atoms with Gasteiger partial charge in [-0.3, -0.25) is 0 Å². The molecular formula is C20H19ClN2O2S. The van der Waals surface area contributed by atoms with E-state index in [4.69, 9.17) is 11.6 Å². The van der Waals surface area contributed by atoms with Gasteiger partial charge in [-0.1, -0.05) is 48.0 Å². The molecule has 3 aromatic carbocycles. The summed E-state index contributed by atoms with van der Waals surface area (Å²) in [6.45, 7) is 0. The van der Waals surface area contributed by atoms with E-state index in [2.05, 4.69) is 27.8 Å². The Morgan fingerprint density at radius 2 is 1.54 bits per heavy atom. The van der Waals surface area contributed by atoms with Crippen LogP contribution in [0.1, 0.15) is 23.2 Å². The fraction of sp³-hybridized carbons (Fsp3) is 0.200. The Morgan fingerprint density at radius 1 is 0.923 bits per heavy atom. The first kappa shape index (κ1) is 17.5. The van der Waals surface area contributed by atoms with E-state index in [-0.39, 0.29) is 17.0 Å². The molecule has 0 unspecified atom stereocenters. The maximum atomic E-state index is 13.0. The average molecular weight is 387 g/mol. The fourth-order valence-electron chi connectivity index (χ4n) is 3.81. The summed E-state index contributed by atoms with van der Waals surface area (Å²) in [5.41, 5.74) is 2.15. The summed E-state index contributed by atoms with van der Waals surface area (Å²) >= 11 is 5.89. The monoisotopic (exact) mass is 386 g/mol. The molecule has 6 heteroatoms. The second-order valence-corrected chi connectivity index (χ2v) is 8.90. The molecule has 2 atom stereocenters. The van der Waals surface area contributed by atoms with Crippen molar-refractivity contribution < 1.29 is 8.42 Å². The van der Waals surface area contributed by atoms with Crippen LogP contribution in [0.25, 0.3) is 10.8 Å². The molecular weight excluding hydrogens is 368 g/mol. The van der Waals surface area contributed by atoms with Crippen LogP contribution in [0.3, 0.4) is 0 Å². The molecule has 0 bridgehead atoms.